The monoisotopic (exact) mass is 281 g/mol. The molecule has 0 aliphatic carbocycles. The third-order valence-electron chi connectivity index (χ3n) is 3.92. The van der Waals surface area contributed by atoms with E-state index in [0.717, 1.165) is 30.6 Å². The van der Waals surface area contributed by atoms with Crippen molar-refractivity contribution in [1.29, 1.82) is 0 Å². The van der Waals surface area contributed by atoms with Crippen molar-refractivity contribution in [2.45, 2.75) is 31.1 Å². The van der Waals surface area contributed by atoms with Crippen molar-refractivity contribution in [3.05, 3.63) is 23.8 Å². The van der Waals surface area contributed by atoms with Gasteiger partial charge in [-0.1, -0.05) is 6.92 Å². The summed E-state index contributed by atoms with van der Waals surface area (Å²) in [5.74, 6) is 1.27. The van der Waals surface area contributed by atoms with E-state index in [1.54, 1.807) is 22.5 Å². The van der Waals surface area contributed by atoms with Gasteiger partial charge >= 0.3 is 0 Å². The highest BCUT2D eigenvalue weighted by Crippen LogP contribution is 2.30. The average Bonchev–Trinajstić information content (AvgIpc) is 2.85. The predicted octanol–water partition coefficient (Wildman–Crippen LogP) is 2.04. The fraction of sp³-hybridized carbons (Fsp3) is 0.571. The molecule has 2 aliphatic heterocycles. The highest BCUT2D eigenvalue weighted by molar-refractivity contribution is 7.89. The van der Waals surface area contributed by atoms with E-state index in [9.17, 15) is 8.42 Å². The molecule has 3 rings (SSSR count). The molecule has 2 aliphatic rings. The molecule has 0 aromatic heterocycles. The number of nitrogens with zero attached hydrogens (tertiary/aromatic N) is 1. The molecule has 19 heavy (non-hydrogen) atoms. The highest BCUT2D eigenvalue weighted by Gasteiger charge is 2.29. The van der Waals surface area contributed by atoms with Crippen LogP contribution in [0.1, 0.15) is 25.3 Å². The predicted molar refractivity (Wildman–Crippen MR) is 72.8 cm³/mol. The SMILES string of the molecule is C[C@H]1CCCN(S(=O)(=O)c2ccc3c(c2)CCO3)C1. The first kappa shape index (κ1) is 12.9. The Balaban J connectivity index is 1.91. The number of ether oxygens (including phenoxy) is 1. The van der Waals surface area contributed by atoms with Crippen LogP contribution < -0.4 is 4.74 Å². The molecule has 0 unspecified atom stereocenters. The molecule has 104 valence electrons. The summed E-state index contributed by atoms with van der Waals surface area (Å²) in [7, 11) is -3.34. The first-order valence-electron chi connectivity index (χ1n) is 6.83. The number of benzene rings is 1. The lowest BCUT2D eigenvalue weighted by Crippen LogP contribution is -2.39. The molecule has 0 bridgehead atoms. The van der Waals surface area contributed by atoms with Gasteiger partial charge in [0.2, 0.25) is 10.0 Å². The van der Waals surface area contributed by atoms with Crippen molar-refractivity contribution in [1.82, 2.24) is 4.31 Å². The smallest absolute Gasteiger partial charge is 0.243 e. The van der Waals surface area contributed by atoms with Gasteiger partial charge in [0.15, 0.2) is 0 Å². The zero-order valence-electron chi connectivity index (χ0n) is 11.1. The second kappa shape index (κ2) is 4.80. The second-order valence-corrected chi connectivity index (χ2v) is 7.42. The zero-order valence-corrected chi connectivity index (χ0v) is 11.9. The minimum absolute atomic E-state index is 0.408. The van der Waals surface area contributed by atoms with E-state index in [1.807, 2.05) is 0 Å². The quantitative estimate of drug-likeness (QED) is 0.833. The van der Waals surface area contributed by atoms with Crippen LogP contribution in [0.4, 0.5) is 0 Å². The molecule has 0 radical (unpaired) electrons. The molecular weight excluding hydrogens is 262 g/mol. The van der Waals surface area contributed by atoms with Crippen molar-refractivity contribution in [3.63, 3.8) is 0 Å². The van der Waals surface area contributed by atoms with E-state index >= 15 is 0 Å². The van der Waals surface area contributed by atoms with Gasteiger partial charge in [0.05, 0.1) is 11.5 Å². The average molecular weight is 281 g/mol. The summed E-state index contributed by atoms with van der Waals surface area (Å²) in [6.07, 6.45) is 2.87. The molecule has 0 N–H and O–H groups in total. The van der Waals surface area contributed by atoms with Crippen molar-refractivity contribution < 1.29 is 13.2 Å². The number of hydrogen-bond acceptors (Lipinski definition) is 3. The first-order valence-corrected chi connectivity index (χ1v) is 8.27. The van der Waals surface area contributed by atoms with Crippen molar-refractivity contribution in [3.8, 4) is 5.75 Å². The summed E-state index contributed by atoms with van der Waals surface area (Å²) in [5.41, 5.74) is 1.01. The highest BCUT2D eigenvalue weighted by atomic mass is 32.2. The van der Waals surface area contributed by atoms with Gasteiger partial charge in [-0.25, -0.2) is 8.42 Å². The van der Waals surface area contributed by atoms with Crippen LogP contribution in [-0.4, -0.2) is 32.4 Å². The third kappa shape index (κ3) is 2.37. The Morgan fingerprint density at radius 1 is 1.37 bits per heavy atom. The maximum atomic E-state index is 12.6. The van der Waals surface area contributed by atoms with Crippen LogP contribution in [0.5, 0.6) is 5.75 Å². The van der Waals surface area contributed by atoms with Crippen molar-refractivity contribution in [2.75, 3.05) is 19.7 Å². The van der Waals surface area contributed by atoms with Crippen LogP contribution in [0.3, 0.4) is 0 Å². The lowest BCUT2D eigenvalue weighted by Gasteiger charge is -2.30. The third-order valence-corrected chi connectivity index (χ3v) is 5.78. The molecule has 1 aromatic rings. The van der Waals surface area contributed by atoms with Crippen molar-refractivity contribution in [2.24, 2.45) is 5.92 Å². The molecule has 2 heterocycles. The van der Waals surface area contributed by atoms with E-state index in [-0.39, 0.29) is 0 Å². The second-order valence-electron chi connectivity index (χ2n) is 5.48. The van der Waals surface area contributed by atoms with Crippen LogP contribution in [0, 0.1) is 5.92 Å². The van der Waals surface area contributed by atoms with Gasteiger partial charge in [-0.15, -0.1) is 0 Å². The molecule has 4 nitrogen and oxygen atoms in total. The van der Waals surface area contributed by atoms with E-state index < -0.39 is 10.0 Å². The van der Waals surface area contributed by atoms with Gasteiger partial charge < -0.3 is 4.74 Å². The van der Waals surface area contributed by atoms with Crippen molar-refractivity contribution >= 4 is 10.0 Å². The maximum absolute atomic E-state index is 12.6. The van der Waals surface area contributed by atoms with Gasteiger partial charge in [0.25, 0.3) is 0 Å². The minimum atomic E-state index is -3.34. The van der Waals surface area contributed by atoms with Gasteiger partial charge in [0.1, 0.15) is 5.75 Å². The van der Waals surface area contributed by atoms with Crippen LogP contribution in [0.25, 0.3) is 0 Å². The number of piperidine rings is 1. The summed E-state index contributed by atoms with van der Waals surface area (Å²) in [6.45, 7) is 4.04. The topological polar surface area (TPSA) is 46.6 Å². The largest absolute Gasteiger partial charge is 0.493 e. The molecule has 0 amide bonds. The lowest BCUT2D eigenvalue weighted by atomic mass is 10.0. The standard InChI is InChI=1S/C14H19NO3S/c1-11-3-2-7-15(10-11)19(16,17)13-4-5-14-12(9-13)6-8-18-14/h4-5,9,11H,2-3,6-8,10H2,1H3/t11-/m0/s1. The van der Waals surface area contributed by atoms with Gasteiger partial charge in [0, 0.05) is 19.5 Å². The van der Waals surface area contributed by atoms with E-state index in [2.05, 4.69) is 6.92 Å². The molecule has 1 atom stereocenters. The summed E-state index contributed by atoms with van der Waals surface area (Å²) < 4.78 is 32.3. The summed E-state index contributed by atoms with van der Waals surface area (Å²) >= 11 is 0. The molecule has 1 fully saturated rings. The van der Waals surface area contributed by atoms with E-state index in [1.165, 1.54) is 0 Å². The van der Waals surface area contributed by atoms with E-state index in [0.29, 0.717) is 30.5 Å². The Morgan fingerprint density at radius 3 is 3.00 bits per heavy atom. The Hall–Kier alpha value is -1.07. The van der Waals surface area contributed by atoms with Crippen LogP contribution in [0.15, 0.2) is 23.1 Å². The summed E-state index contributed by atoms with van der Waals surface area (Å²) in [4.78, 5) is 0.408. The number of rotatable bonds is 2. The molecular formula is C14H19NO3S. The Bertz CT molecular complexity index is 582. The summed E-state index contributed by atoms with van der Waals surface area (Å²) in [6, 6.07) is 5.22. The molecule has 0 saturated carbocycles. The van der Waals surface area contributed by atoms with Crippen LogP contribution >= 0.6 is 0 Å². The Labute approximate surface area is 114 Å². The minimum Gasteiger partial charge on any atom is -0.493 e. The van der Waals surface area contributed by atoms with E-state index in [4.69, 9.17) is 4.74 Å². The molecule has 1 saturated heterocycles. The maximum Gasteiger partial charge on any atom is 0.243 e. The molecule has 0 spiro atoms. The fourth-order valence-electron chi connectivity index (χ4n) is 2.84. The van der Waals surface area contributed by atoms with Crippen LogP contribution in [-0.2, 0) is 16.4 Å². The van der Waals surface area contributed by atoms with Gasteiger partial charge in [-0.05, 0) is 42.5 Å². The molecule has 1 aromatic carbocycles. The number of fused-ring (bicyclic) bond motifs is 1. The van der Waals surface area contributed by atoms with Gasteiger partial charge in [-0.2, -0.15) is 4.31 Å². The molecule has 5 heteroatoms. The number of sulfonamides is 1. The van der Waals surface area contributed by atoms with Crippen LogP contribution in [0.2, 0.25) is 0 Å². The zero-order chi connectivity index (χ0) is 13.5. The van der Waals surface area contributed by atoms with Gasteiger partial charge in [-0.3, -0.25) is 0 Å². The number of hydrogen-bond donors (Lipinski definition) is 0. The lowest BCUT2D eigenvalue weighted by molar-refractivity contribution is 0.281. The normalized spacial score (nSPS) is 23.9. The fourth-order valence-corrected chi connectivity index (χ4v) is 4.49. The Morgan fingerprint density at radius 2 is 2.21 bits per heavy atom. The first-order chi connectivity index (χ1) is 9.07. The summed E-state index contributed by atoms with van der Waals surface area (Å²) in [5, 5.41) is 0. The Kier molecular flexibility index (Phi) is 3.27.